The lowest BCUT2D eigenvalue weighted by Crippen LogP contribution is -2.39. The standard InChI is InChI=1S/C18H22N8O/c1-24-16(11-25-8-6-20-12-25)22-23-17(24)14-3-2-7-26(10-14)18(27)13-4-5-15(19)21-9-13/h4-6,8-9,12,14H,2-3,7,10-11H2,1H3,(H2,19,21)/t14-/m1/s1. The molecule has 9 nitrogen and oxygen atoms in total. The molecule has 2 N–H and O–H groups in total. The summed E-state index contributed by atoms with van der Waals surface area (Å²) in [5.74, 6) is 2.34. The Kier molecular flexibility index (Phi) is 4.57. The summed E-state index contributed by atoms with van der Waals surface area (Å²) in [5, 5.41) is 8.75. The van der Waals surface area contributed by atoms with Gasteiger partial charge in [-0.05, 0) is 25.0 Å². The highest BCUT2D eigenvalue weighted by Gasteiger charge is 2.29. The Hall–Kier alpha value is -3.23. The zero-order valence-electron chi connectivity index (χ0n) is 15.2. The van der Waals surface area contributed by atoms with Gasteiger partial charge < -0.3 is 19.8 Å². The van der Waals surface area contributed by atoms with Crippen LogP contribution in [-0.2, 0) is 13.6 Å². The van der Waals surface area contributed by atoms with Crippen LogP contribution in [0.25, 0.3) is 0 Å². The number of rotatable bonds is 4. The molecule has 4 heterocycles. The number of nitrogen functional groups attached to an aromatic ring is 1. The van der Waals surface area contributed by atoms with E-state index in [2.05, 4.69) is 20.2 Å². The fourth-order valence-electron chi connectivity index (χ4n) is 3.50. The number of carbonyl (C=O) groups excluding carboxylic acids is 1. The van der Waals surface area contributed by atoms with Crippen molar-refractivity contribution in [1.29, 1.82) is 0 Å². The van der Waals surface area contributed by atoms with Crippen LogP contribution in [0, 0.1) is 0 Å². The van der Waals surface area contributed by atoms with Gasteiger partial charge in [0.1, 0.15) is 11.6 Å². The highest BCUT2D eigenvalue weighted by atomic mass is 16.2. The Morgan fingerprint density at radius 3 is 2.96 bits per heavy atom. The average molecular weight is 366 g/mol. The van der Waals surface area contributed by atoms with Crippen molar-refractivity contribution in [3.8, 4) is 0 Å². The first kappa shape index (κ1) is 17.2. The quantitative estimate of drug-likeness (QED) is 0.740. The fraction of sp³-hybridized carbons (Fsp3) is 0.389. The van der Waals surface area contributed by atoms with Gasteiger partial charge in [-0.2, -0.15) is 0 Å². The molecule has 0 saturated carbocycles. The van der Waals surface area contributed by atoms with Gasteiger partial charge in [0.2, 0.25) is 0 Å². The van der Waals surface area contributed by atoms with E-state index < -0.39 is 0 Å². The smallest absolute Gasteiger partial charge is 0.255 e. The molecule has 0 bridgehead atoms. The predicted molar refractivity (Wildman–Crippen MR) is 98.9 cm³/mol. The molecule has 1 atom stereocenters. The molecule has 0 unspecified atom stereocenters. The second kappa shape index (κ2) is 7.18. The molecule has 3 aromatic heterocycles. The summed E-state index contributed by atoms with van der Waals surface area (Å²) >= 11 is 0. The molecule has 0 spiro atoms. The van der Waals surface area contributed by atoms with Crippen molar-refractivity contribution < 1.29 is 4.79 Å². The third-order valence-corrected chi connectivity index (χ3v) is 4.99. The van der Waals surface area contributed by atoms with Crippen molar-refractivity contribution in [2.45, 2.75) is 25.3 Å². The zero-order valence-corrected chi connectivity index (χ0v) is 15.2. The van der Waals surface area contributed by atoms with E-state index in [4.69, 9.17) is 5.73 Å². The van der Waals surface area contributed by atoms with Gasteiger partial charge >= 0.3 is 0 Å². The van der Waals surface area contributed by atoms with E-state index in [0.717, 1.165) is 31.0 Å². The number of amides is 1. The van der Waals surface area contributed by atoms with Crippen LogP contribution in [-0.4, -0.2) is 53.2 Å². The molecular formula is C18H22N8O. The molecule has 9 heteroatoms. The number of aromatic nitrogens is 6. The van der Waals surface area contributed by atoms with Crippen molar-refractivity contribution in [3.05, 3.63) is 54.3 Å². The van der Waals surface area contributed by atoms with Crippen LogP contribution in [0.4, 0.5) is 5.82 Å². The molecule has 1 aliphatic heterocycles. The first-order chi connectivity index (χ1) is 13.1. The van der Waals surface area contributed by atoms with E-state index in [1.807, 2.05) is 27.3 Å². The monoisotopic (exact) mass is 366 g/mol. The second-order valence-corrected chi connectivity index (χ2v) is 6.83. The molecule has 0 aliphatic carbocycles. The number of hydrogen-bond donors (Lipinski definition) is 1. The van der Waals surface area contributed by atoms with Crippen molar-refractivity contribution in [2.24, 2.45) is 7.05 Å². The molecule has 1 aliphatic rings. The minimum absolute atomic E-state index is 0.0204. The van der Waals surface area contributed by atoms with Crippen LogP contribution in [0.2, 0.25) is 0 Å². The van der Waals surface area contributed by atoms with Crippen molar-refractivity contribution >= 4 is 11.7 Å². The maximum atomic E-state index is 12.8. The summed E-state index contributed by atoms with van der Waals surface area (Å²) in [7, 11) is 1.98. The number of anilines is 1. The molecule has 3 aromatic rings. The molecule has 140 valence electrons. The van der Waals surface area contributed by atoms with Crippen molar-refractivity contribution in [2.75, 3.05) is 18.8 Å². The van der Waals surface area contributed by atoms with Crippen LogP contribution < -0.4 is 5.73 Å². The first-order valence-corrected chi connectivity index (χ1v) is 8.96. The number of hydrogen-bond acceptors (Lipinski definition) is 6. The second-order valence-electron chi connectivity index (χ2n) is 6.83. The van der Waals surface area contributed by atoms with Gasteiger partial charge in [-0.1, -0.05) is 0 Å². The highest BCUT2D eigenvalue weighted by Crippen LogP contribution is 2.27. The van der Waals surface area contributed by atoms with Crippen LogP contribution in [0.5, 0.6) is 0 Å². The lowest BCUT2D eigenvalue weighted by Gasteiger charge is -2.32. The minimum Gasteiger partial charge on any atom is -0.384 e. The lowest BCUT2D eigenvalue weighted by molar-refractivity contribution is 0.0703. The molecule has 0 aromatic carbocycles. The Labute approximate surface area is 156 Å². The molecular weight excluding hydrogens is 344 g/mol. The van der Waals surface area contributed by atoms with E-state index in [-0.39, 0.29) is 11.8 Å². The summed E-state index contributed by atoms with van der Waals surface area (Å²) in [5.41, 5.74) is 6.17. The summed E-state index contributed by atoms with van der Waals surface area (Å²) in [6, 6.07) is 3.37. The van der Waals surface area contributed by atoms with Crippen LogP contribution in [0.3, 0.4) is 0 Å². The van der Waals surface area contributed by atoms with E-state index in [1.165, 1.54) is 6.20 Å². The Morgan fingerprint density at radius 1 is 1.33 bits per heavy atom. The number of nitrogens with zero attached hydrogens (tertiary/aromatic N) is 7. The molecule has 1 fully saturated rings. The summed E-state index contributed by atoms with van der Waals surface area (Å²) in [6.07, 6.45) is 8.86. The summed E-state index contributed by atoms with van der Waals surface area (Å²) in [6.45, 7) is 1.98. The Morgan fingerprint density at radius 2 is 2.22 bits per heavy atom. The van der Waals surface area contributed by atoms with E-state index >= 15 is 0 Å². The van der Waals surface area contributed by atoms with Gasteiger partial charge in [0, 0.05) is 44.6 Å². The zero-order chi connectivity index (χ0) is 18.8. The van der Waals surface area contributed by atoms with Crippen molar-refractivity contribution in [3.63, 3.8) is 0 Å². The van der Waals surface area contributed by atoms with Gasteiger partial charge in [-0.15, -0.1) is 10.2 Å². The SMILES string of the molecule is Cn1c(Cn2ccnc2)nnc1[C@@H]1CCCN(C(=O)c2ccc(N)nc2)C1. The molecule has 1 saturated heterocycles. The van der Waals surface area contributed by atoms with Gasteiger partial charge in [0.05, 0.1) is 18.4 Å². The topological polar surface area (TPSA) is 108 Å². The van der Waals surface area contributed by atoms with Gasteiger partial charge in [-0.25, -0.2) is 9.97 Å². The predicted octanol–water partition coefficient (Wildman–Crippen LogP) is 1.06. The van der Waals surface area contributed by atoms with Crippen LogP contribution >= 0.6 is 0 Å². The number of likely N-dealkylation sites (tertiary alicyclic amines) is 1. The highest BCUT2D eigenvalue weighted by molar-refractivity contribution is 5.94. The number of piperidine rings is 1. The van der Waals surface area contributed by atoms with E-state index in [9.17, 15) is 4.79 Å². The van der Waals surface area contributed by atoms with Gasteiger partial charge in [0.25, 0.3) is 5.91 Å². The maximum absolute atomic E-state index is 12.8. The Balaban J connectivity index is 1.49. The maximum Gasteiger partial charge on any atom is 0.255 e. The number of carbonyl (C=O) groups is 1. The number of pyridine rings is 1. The summed E-state index contributed by atoms with van der Waals surface area (Å²) < 4.78 is 3.99. The fourth-order valence-corrected chi connectivity index (χ4v) is 3.50. The van der Waals surface area contributed by atoms with Gasteiger partial charge in [0.15, 0.2) is 5.82 Å². The molecule has 0 radical (unpaired) electrons. The number of imidazole rings is 1. The Bertz CT molecular complexity index is 916. The third-order valence-electron chi connectivity index (χ3n) is 4.99. The number of nitrogens with two attached hydrogens (primary N) is 1. The van der Waals surface area contributed by atoms with Crippen LogP contribution in [0.15, 0.2) is 37.1 Å². The normalized spacial score (nSPS) is 17.2. The third kappa shape index (κ3) is 3.53. The minimum atomic E-state index is -0.0204. The molecule has 1 amide bonds. The lowest BCUT2D eigenvalue weighted by atomic mass is 9.96. The summed E-state index contributed by atoms with van der Waals surface area (Å²) in [4.78, 5) is 22.7. The molecule has 27 heavy (non-hydrogen) atoms. The average Bonchev–Trinajstić information content (AvgIpc) is 3.33. The van der Waals surface area contributed by atoms with Crippen molar-refractivity contribution in [1.82, 2.24) is 34.2 Å². The van der Waals surface area contributed by atoms with E-state index in [0.29, 0.717) is 24.5 Å². The first-order valence-electron chi connectivity index (χ1n) is 8.96. The largest absolute Gasteiger partial charge is 0.384 e. The molecule has 4 rings (SSSR count). The van der Waals surface area contributed by atoms with Gasteiger partial charge in [-0.3, -0.25) is 4.79 Å². The van der Waals surface area contributed by atoms with E-state index in [1.54, 1.807) is 24.7 Å². The van der Waals surface area contributed by atoms with Crippen LogP contribution in [0.1, 0.15) is 40.8 Å².